The van der Waals surface area contributed by atoms with Crippen LogP contribution in [0, 0.1) is 0 Å². The van der Waals surface area contributed by atoms with E-state index in [1.54, 1.807) is 54.9 Å². The summed E-state index contributed by atoms with van der Waals surface area (Å²) >= 11 is 0. The van der Waals surface area contributed by atoms with E-state index in [9.17, 15) is 23.1 Å². The monoisotopic (exact) mass is 494 g/mol. The second-order valence-electron chi connectivity index (χ2n) is 8.23. The van der Waals surface area contributed by atoms with Crippen LogP contribution in [0.5, 0.6) is 5.75 Å². The van der Waals surface area contributed by atoms with Gasteiger partial charge < -0.3 is 10.4 Å². The van der Waals surface area contributed by atoms with Crippen LogP contribution in [-0.4, -0.2) is 30.9 Å². The Hall–Kier alpha value is -4.38. The third-order valence-corrected chi connectivity index (χ3v) is 5.95. The van der Waals surface area contributed by atoms with Gasteiger partial charge in [0.15, 0.2) is 5.69 Å². The molecule has 1 saturated heterocycles. The van der Waals surface area contributed by atoms with Gasteiger partial charge in [0.05, 0.1) is 29.7 Å². The van der Waals surface area contributed by atoms with Crippen molar-refractivity contribution >= 4 is 11.7 Å². The number of rotatable bonds is 4. The van der Waals surface area contributed by atoms with Gasteiger partial charge in [0.2, 0.25) is 0 Å². The van der Waals surface area contributed by atoms with Crippen LogP contribution in [0.3, 0.4) is 0 Å². The fraction of sp³-hybridized carbons (Fsp3) is 0.160. The first kappa shape index (κ1) is 23.4. The molecule has 0 spiro atoms. The number of phenols is 1. The number of aromatic nitrogens is 3. The number of pyridine rings is 1. The van der Waals surface area contributed by atoms with Gasteiger partial charge in [0.25, 0.3) is 0 Å². The number of hydrazine groups is 1. The van der Waals surface area contributed by atoms with Gasteiger partial charge in [-0.1, -0.05) is 42.5 Å². The molecule has 1 fully saturated rings. The highest BCUT2D eigenvalue weighted by Gasteiger charge is 2.42. The molecule has 0 saturated carbocycles. The highest BCUT2D eigenvalue weighted by atomic mass is 19.4. The molecule has 5 rings (SSSR count). The van der Waals surface area contributed by atoms with Crippen molar-refractivity contribution in [3.05, 3.63) is 102 Å². The fourth-order valence-electron chi connectivity index (χ4n) is 4.32. The number of alkyl halides is 3. The van der Waals surface area contributed by atoms with Gasteiger partial charge in [-0.25, -0.2) is 14.9 Å². The number of aromatic hydroxyl groups is 1. The predicted octanol–water partition coefficient (Wildman–Crippen LogP) is 5.22. The summed E-state index contributed by atoms with van der Waals surface area (Å²) in [6.07, 6.45) is -0.189. The van der Waals surface area contributed by atoms with Crippen molar-refractivity contribution < 1.29 is 23.1 Å². The second kappa shape index (κ2) is 9.34. The predicted molar refractivity (Wildman–Crippen MR) is 125 cm³/mol. The minimum atomic E-state index is -4.79. The Labute approximate surface area is 204 Å². The molecule has 8 nitrogen and oxygen atoms in total. The number of hydrogen-bond donors (Lipinski definition) is 3. The number of nitrogens with one attached hydrogen (secondary N) is 2. The molecule has 4 aromatic rings. The van der Waals surface area contributed by atoms with Crippen molar-refractivity contribution in [2.24, 2.45) is 0 Å². The summed E-state index contributed by atoms with van der Waals surface area (Å²) in [6.45, 7) is 0. The molecule has 0 radical (unpaired) electrons. The average molecular weight is 494 g/mol. The van der Waals surface area contributed by atoms with Crippen LogP contribution >= 0.6 is 0 Å². The summed E-state index contributed by atoms with van der Waals surface area (Å²) in [7, 11) is 0. The molecule has 3 N–H and O–H groups in total. The Morgan fingerprint density at radius 1 is 1.03 bits per heavy atom. The van der Waals surface area contributed by atoms with Gasteiger partial charge in [-0.05, 0) is 36.2 Å². The maximum absolute atomic E-state index is 14.1. The van der Waals surface area contributed by atoms with E-state index in [1.165, 1.54) is 23.2 Å². The van der Waals surface area contributed by atoms with Gasteiger partial charge >= 0.3 is 12.2 Å². The maximum Gasteiger partial charge on any atom is 0.435 e. The number of hydrogen-bond acceptors (Lipinski definition) is 5. The minimum Gasteiger partial charge on any atom is -0.508 e. The SMILES string of the molecule is O=C(Nc1cnn(-c2ccccc2)c1C(F)(F)F)N1NC(c2cccnc2)CC1c1ccccc1O. The van der Waals surface area contributed by atoms with E-state index in [0.29, 0.717) is 12.0 Å². The number of benzene rings is 2. The lowest BCUT2D eigenvalue weighted by Crippen LogP contribution is -2.42. The van der Waals surface area contributed by atoms with Crippen LogP contribution in [0.4, 0.5) is 23.7 Å². The van der Waals surface area contributed by atoms with Crippen LogP contribution in [0.2, 0.25) is 0 Å². The van der Waals surface area contributed by atoms with E-state index in [0.717, 1.165) is 16.4 Å². The number of nitrogens with zero attached hydrogens (tertiary/aromatic N) is 4. The van der Waals surface area contributed by atoms with Gasteiger partial charge in [0.1, 0.15) is 5.75 Å². The van der Waals surface area contributed by atoms with Gasteiger partial charge in [-0.3, -0.25) is 9.99 Å². The van der Waals surface area contributed by atoms with E-state index >= 15 is 0 Å². The average Bonchev–Trinajstić information content (AvgIpc) is 3.50. The molecule has 2 atom stereocenters. The molecule has 0 bridgehead atoms. The number of urea groups is 1. The lowest BCUT2D eigenvalue weighted by Gasteiger charge is -2.25. The van der Waals surface area contributed by atoms with Gasteiger partial charge in [-0.2, -0.15) is 18.3 Å². The van der Waals surface area contributed by atoms with Crippen LogP contribution in [0.15, 0.2) is 85.3 Å². The largest absolute Gasteiger partial charge is 0.508 e. The Balaban J connectivity index is 1.49. The van der Waals surface area contributed by atoms with E-state index in [-0.39, 0.29) is 17.5 Å². The third kappa shape index (κ3) is 4.48. The Morgan fingerprint density at radius 2 is 1.78 bits per heavy atom. The molecule has 2 aromatic heterocycles. The lowest BCUT2D eigenvalue weighted by atomic mass is 9.97. The molecular weight excluding hydrogens is 473 g/mol. The molecular formula is C25H21F3N6O2. The van der Waals surface area contributed by atoms with Crippen molar-refractivity contribution in [2.45, 2.75) is 24.7 Å². The van der Waals surface area contributed by atoms with Gasteiger partial charge in [-0.15, -0.1) is 0 Å². The van der Waals surface area contributed by atoms with Crippen molar-refractivity contribution in [1.29, 1.82) is 0 Å². The highest BCUT2D eigenvalue weighted by molar-refractivity contribution is 5.90. The number of carbonyl (C=O) groups excluding carboxylic acids is 1. The molecule has 2 aromatic carbocycles. The zero-order chi connectivity index (χ0) is 25.3. The molecule has 3 heterocycles. The van der Waals surface area contributed by atoms with Crippen molar-refractivity contribution in [2.75, 3.05) is 5.32 Å². The Bertz CT molecular complexity index is 1360. The smallest absolute Gasteiger partial charge is 0.435 e. The van der Waals surface area contributed by atoms with Crippen LogP contribution < -0.4 is 10.7 Å². The Morgan fingerprint density at radius 3 is 2.47 bits per heavy atom. The molecule has 1 aliphatic heterocycles. The quantitative estimate of drug-likeness (QED) is 0.362. The molecule has 184 valence electrons. The zero-order valence-electron chi connectivity index (χ0n) is 18.7. The number of phenolic OH excluding ortho intramolecular Hbond substituents is 1. The van der Waals surface area contributed by atoms with E-state index in [2.05, 4.69) is 20.8 Å². The number of carbonyl (C=O) groups is 1. The molecule has 11 heteroatoms. The lowest BCUT2D eigenvalue weighted by molar-refractivity contribution is -0.142. The first-order valence-electron chi connectivity index (χ1n) is 11.1. The zero-order valence-corrected chi connectivity index (χ0v) is 18.7. The number of halogens is 3. The first-order chi connectivity index (χ1) is 17.3. The van der Waals surface area contributed by atoms with E-state index < -0.39 is 29.6 Å². The summed E-state index contributed by atoms with van der Waals surface area (Å²) in [4.78, 5) is 17.5. The molecule has 0 aliphatic carbocycles. The highest BCUT2D eigenvalue weighted by Crippen LogP contribution is 2.41. The standard InChI is InChI=1S/C25H21F3N6O2/c26-25(27,28)23-20(15-30-33(23)17-8-2-1-3-9-17)31-24(36)34-21(18-10-4-5-11-22(18)35)13-19(32-34)16-7-6-12-29-14-16/h1-12,14-15,19,21,32,35H,13H2,(H,31,36). The van der Waals surface area contributed by atoms with Gasteiger partial charge in [0, 0.05) is 18.0 Å². The van der Waals surface area contributed by atoms with E-state index in [1.807, 2.05) is 6.07 Å². The molecule has 1 aliphatic rings. The maximum atomic E-state index is 14.1. The third-order valence-electron chi connectivity index (χ3n) is 5.95. The van der Waals surface area contributed by atoms with Crippen molar-refractivity contribution in [3.8, 4) is 11.4 Å². The summed E-state index contributed by atoms with van der Waals surface area (Å²) in [5, 5.41) is 17.9. The molecule has 36 heavy (non-hydrogen) atoms. The summed E-state index contributed by atoms with van der Waals surface area (Å²) in [5.74, 6) is -0.0261. The first-order valence-corrected chi connectivity index (χ1v) is 11.1. The normalized spacial score (nSPS) is 17.8. The van der Waals surface area contributed by atoms with Crippen LogP contribution in [-0.2, 0) is 6.18 Å². The second-order valence-corrected chi connectivity index (χ2v) is 8.23. The summed E-state index contributed by atoms with van der Waals surface area (Å²) in [5.41, 5.74) is 2.92. The summed E-state index contributed by atoms with van der Waals surface area (Å²) in [6, 6.07) is 16.1. The van der Waals surface area contributed by atoms with Crippen LogP contribution in [0.25, 0.3) is 5.69 Å². The molecule has 2 unspecified atom stereocenters. The van der Waals surface area contributed by atoms with Crippen molar-refractivity contribution in [3.63, 3.8) is 0 Å². The number of amides is 2. The topological polar surface area (TPSA) is 95.3 Å². The molecule has 2 amide bonds. The van der Waals surface area contributed by atoms with Crippen LogP contribution in [0.1, 0.15) is 35.3 Å². The van der Waals surface area contributed by atoms with E-state index in [4.69, 9.17) is 0 Å². The fourth-order valence-corrected chi connectivity index (χ4v) is 4.32. The number of anilines is 1. The summed E-state index contributed by atoms with van der Waals surface area (Å²) < 4.78 is 42.9. The van der Waals surface area contributed by atoms with Crippen molar-refractivity contribution in [1.82, 2.24) is 25.2 Å². The Kier molecular flexibility index (Phi) is 6.06. The minimum absolute atomic E-state index is 0.0261. The number of para-hydroxylation sites is 2.